The molecule has 2 nitrogen and oxygen atoms in total. The van der Waals surface area contributed by atoms with E-state index in [1.807, 2.05) is 0 Å². The van der Waals surface area contributed by atoms with Gasteiger partial charge in [0.15, 0.2) is 0 Å². The molecule has 2 aliphatic carbocycles. The Hall–Kier alpha value is -0.410. The van der Waals surface area contributed by atoms with Crippen LogP contribution in [-0.2, 0) is 0 Å². The topological polar surface area (TPSA) is 40.5 Å². The number of hydrogen-bond acceptors (Lipinski definition) is 2. The zero-order valence-corrected chi connectivity index (χ0v) is 11.1. The predicted octanol–water partition coefficient (Wildman–Crippen LogP) is 2.84. The van der Waals surface area contributed by atoms with Crippen molar-refractivity contribution in [1.82, 2.24) is 0 Å². The van der Waals surface area contributed by atoms with E-state index in [1.54, 1.807) is 0 Å². The van der Waals surface area contributed by atoms with Crippen molar-refractivity contribution < 1.29 is 14.6 Å². The molecule has 0 aromatic heterocycles. The third-order valence-corrected chi connectivity index (χ3v) is 5.19. The maximum absolute atomic E-state index is 13.3. The van der Waals surface area contributed by atoms with Crippen LogP contribution in [0.2, 0.25) is 0 Å². The first-order chi connectivity index (χ1) is 8.65. The minimum absolute atomic E-state index is 0.195. The molecule has 18 heavy (non-hydrogen) atoms. The highest BCUT2D eigenvalue weighted by molar-refractivity contribution is 5.24. The standard InChI is InChI=1S/C15H25FO2/c1-11-13(12-6-4-2-3-5-7-12)8-14(18)15(11,9-16)10-17/h12-14,17-18H,1-10H2/t13-,14-,15-/m0/s1. The van der Waals surface area contributed by atoms with E-state index in [4.69, 9.17) is 0 Å². The van der Waals surface area contributed by atoms with Crippen LogP contribution in [0.3, 0.4) is 0 Å². The van der Waals surface area contributed by atoms with Gasteiger partial charge in [-0.25, -0.2) is 4.39 Å². The van der Waals surface area contributed by atoms with Crippen LogP contribution in [0.4, 0.5) is 4.39 Å². The van der Waals surface area contributed by atoms with Crippen LogP contribution in [0.15, 0.2) is 12.2 Å². The van der Waals surface area contributed by atoms with Gasteiger partial charge in [-0.1, -0.05) is 37.8 Å². The summed E-state index contributed by atoms with van der Waals surface area (Å²) in [6.07, 6.45) is 7.15. The van der Waals surface area contributed by atoms with Crippen molar-refractivity contribution in [3.05, 3.63) is 12.2 Å². The average molecular weight is 256 g/mol. The Bertz CT molecular complexity index is 291. The first-order valence-corrected chi connectivity index (χ1v) is 7.20. The lowest BCUT2D eigenvalue weighted by Gasteiger charge is -2.30. The second kappa shape index (κ2) is 5.70. The lowest BCUT2D eigenvalue weighted by atomic mass is 9.77. The van der Waals surface area contributed by atoms with E-state index in [0.29, 0.717) is 12.3 Å². The Morgan fingerprint density at radius 2 is 1.83 bits per heavy atom. The normalized spacial score (nSPS) is 38.9. The number of alkyl halides is 1. The molecule has 0 aliphatic heterocycles. The molecular formula is C15H25FO2. The number of halogens is 1. The van der Waals surface area contributed by atoms with Gasteiger partial charge in [0.1, 0.15) is 6.67 Å². The molecule has 3 heteroatoms. The van der Waals surface area contributed by atoms with E-state index in [9.17, 15) is 14.6 Å². The maximum Gasteiger partial charge on any atom is 0.103 e. The van der Waals surface area contributed by atoms with Gasteiger partial charge < -0.3 is 10.2 Å². The summed E-state index contributed by atoms with van der Waals surface area (Å²) in [5.74, 6) is 0.718. The summed E-state index contributed by atoms with van der Waals surface area (Å²) in [5.41, 5.74) is -0.330. The quantitative estimate of drug-likeness (QED) is 0.602. The van der Waals surface area contributed by atoms with Gasteiger partial charge in [-0.05, 0) is 31.1 Å². The number of rotatable bonds is 3. The molecule has 3 atom stereocenters. The Kier molecular flexibility index (Phi) is 4.44. The Balaban J connectivity index is 2.13. The minimum Gasteiger partial charge on any atom is -0.395 e. The summed E-state index contributed by atoms with van der Waals surface area (Å²) in [6, 6.07) is 0. The fourth-order valence-electron chi connectivity index (χ4n) is 3.81. The monoisotopic (exact) mass is 256 g/mol. The Morgan fingerprint density at radius 1 is 1.22 bits per heavy atom. The zero-order valence-electron chi connectivity index (χ0n) is 11.1. The fourth-order valence-corrected chi connectivity index (χ4v) is 3.81. The Morgan fingerprint density at radius 3 is 2.28 bits per heavy atom. The van der Waals surface area contributed by atoms with Gasteiger partial charge in [0.25, 0.3) is 0 Å². The van der Waals surface area contributed by atoms with E-state index in [-0.39, 0.29) is 12.5 Å². The summed E-state index contributed by atoms with van der Waals surface area (Å²) in [7, 11) is 0. The van der Waals surface area contributed by atoms with E-state index >= 15 is 0 Å². The first-order valence-electron chi connectivity index (χ1n) is 7.20. The second-order valence-electron chi connectivity index (χ2n) is 6.08. The average Bonchev–Trinajstić information content (AvgIpc) is 2.58. The lowest BCUT2D eigenvalue weighted by Crippen LogP contribution is -2.37. The molecule has 0 aromatic carbocycles. The minimum atomic E-state index is -1.09. The first kappa shape index (κ1) is 14.0. The van der Waals surface area contributed by atoms with Crippen LogP contribution < -0.4 is 0 Å². The molecule has 0 amide bonds. The number of aliphatic hydroxyl groups excluding tert-OH is 2. The number of hydrogen-bond donors (Lipinski definition) is 2. The summed E-state index contributed by atoms with van der Waals surface area (Å²) < 4.78 is 13.3. The van der Waals surface area contributed by atoms with Crippen molar-refractivity contribution in [2.45, 2.75) is 51.0 Å². The fraction of sp³-hybridized carbons (Fsp3) is 0.867. The highest BCUT2D eigenvalue weighted by Crippen LogP contribution is 2.51. The van der Waals surface area contributed by atoms with Crippen LogP contribution in [0.25, 0.3) is 0 Å². The molecule has 0 bridgehead atoms. The van der Waals surface area contributed by atoms with Crippen LogP contribution in [-0.4, -0.2) is 29.6 Å². The Labute approximate surface area is 109 Å². The van der Waals surface area contributed by atoms with Crippen molar-refractivity contribution in [3.63, 3.8) is 0 Å². The SMILES string of the molecule is C=C1[C@@H](C2CCCCCC2)C[C@H](O)[C@]1(CO)CF. The summed E-state index contributed by atoms with van der Waals surface area (Å²) >= 11 is 0. The van der Waals surface area contributed by atoms with Crippen molar-refractivity contribution in [1.29, 1.82) is 0 Å². The molecule has 2 aliphatic rings. The van der Waals surface area contributed by atoms with Crippen molar-refractivity contribution >= 4 is 0 Å². The van der Waals surface area contributed by atoms with E-state index < -0.39 is 18.2 Å². The van der Waals surface area contributed by atoms with Crippen molar-refractivity contribution in [3.8, 4) is 0 Å². The highest BCUT2D eigenvalue weighted by Gasteiger charge is 2.51. The highest BCUT2D eigenvalue weighted by atomic mass is 19.1. The van der Waals surface area contributed by atoms with Crippen molar-refractivity contribution in [2.24, 2.45) is 17.3 Å². The summed E-state index contributed by atoms with van der Waals surface area (Å²) in [5, 5.41) is 19.6. The molecule has 0 saturated heterocycles. The molecule has 0 aromatic rings. The third kappa shape index (κ3) is 2.23. The van der Waals surface area contributed by atoms with Gasteiger partial charge >= 0.3 is 0 Å². The van der Waals surface area contributed by atoms with Crippen molar-refractivity contribution in [2.75, 3.05) is 13.3 Å². The lowest BCUT2D eigenvalue weighted by molar-refractivity contribution is 0.0107. The third-order valence-electron chi connectivity index (χ3n) is 5.19. The van der Waals surface area contributed by atoms with Crippen LogP contribution in [0, 0.1) is 17.3 Å². The van der Waals surface area contributed by atoms with E-state index in [1.165, 1.54) is 25.7 Å². The molecule has 2 rings (SSSR count). The molecule has 0 radical (unpaired) electrons. The number of aliphatic hydroxyl groups is 2. The molecule has 0 unspecified atom stereocenters. The van der Waals surface area contributed by atoms with Gasteiger partial charge in [0, 0.05) is 0 Å². The van der Waals surface area contributed by atoms with Gasteiger partial charge in [0.2, 0.25) is 0 Å². The smallest absolute Gasteiger partial charge is 0.103 e. The van der Waals surface area contributed by atoms with Crippen LogP contribution in [0.5, 0.6) is 0 Å². The second-order valence-corrected chi connectivity index (χ2v) is 6.08. The molecule has 0 heterocycles. The molecule has 0 spiro atoms. The van der Waals surface area contributed by atoms with E-state index in [2.05, 4.69) is 6.58 Å². The summed E-state index contributed by atoms with van der Waals surface area (Å²) in [6.45, 7) is 3.00. The zero-order chi connectivity index (χ0) is 13.2. The molecule has 104 valence electrons. The van der Waals surface area contributed by atoms with Crippen LogP contribution >= 0.6 is 0 Å². The predicted molar refractivity (Wildman–Crippen MR) is 69.9 cm³/mol. The largest absolute Gasteiger partial charge is 0.395 e. The maximum atomic E-state index is 13.3. The van der Waals surface area contributed by atoms with Gasteiger partial charge in [-0.2, -0.15) is 0 Å². The summed E-state index contributed by atoms with van der Waals surface area (Å²) in [4.78, 5) is 0. The van der Waals surface area contributed by atoms with E-state index in [0.717, 1.165) is 18.4 Å². The molecular weight excluding hydrogens is 231 g/mol. The van der Waals surface area contributed by atoms with Gasteiger partial charge in [0.05, 0.1) is 18.1 Å². The van der Waals surface area contributed by atoms with Gasteiger partial charge in [-0.3, -0.25) is 0 Å². The molecule has 2 saturated carbocycles. The molecule has 2 N–H and O–H groups in total. The van der Waals surface area contributed by atoms with Crippen LogP contribution in [0.1, 0.15) is 44.9 Å². The van der Waals surface area contributed by atoms with Gasteiger partial charge in [-0.15, -0.1) is 0 Å². The molecule has 2 fully saturated rings.